The first kappa shape index (κ1) is 15.1. The van der Waals surface area contributed by atoms with Crippen LogP contribution in [0.4, 0.5) is 0 Å². The Morgan fingerprint density at radius 3 is 1.84 bits per heavy atom. The second-order valence-corrected chi connectivity index (χ2v) is 6.52. The van der Waals surface area contributed by atoms with Crippen molar-refractivity contribution in [1.82, 2.24) is 0 Å². The van der Waals surface area contributed by atoms with E-state index in [9.17, 15) is 5.11 Å². The van der Waals surface area contributed by atoms with Crippen molar-refractivity contribution in [3.8, 4) is 0 Å². The van der Waals surface area contributed by atoms with E-state index < -0.39 is 18.3 Å². The molecule has 104 valence electrons. The van der Waals surface area contributed by atoms with Crippen molar-refractivity contribution in [3.63, 3.8) is 0 Å². The van der Waals surface area contributed by atoms with E-state index in [0.717, 1.165) is 5.46 Å². The zero-order chi connectivity index (χ0) is 14.4. The molecule has 1 aromatic rings. The molecule has 1 aromatic carbocycles. The standard InChI is InChI=1S/C13H17BCl2O3/c1-12(2)13(3,4)19-14(18-12)8-5-10(15)9(7-17)11(16)6-8/h5-6,17H,7H2,1-4H3. The summed E-state index contributed by atoms with van der Waals surface area (Å²) in [6.07, 6.45) is 0. The minimum atomic E-state index is -0.507. The molecule has 0 bridgehead atoms. The molecule has 1 saturated heterocycles. The molecule has 19 heavy (non-hydrogen) atoms. The fourth-order valence-electron chi connectivity index (χ4n) is 1.89. The molecule has 0 unspecified atom stereocenters. The second-order valence-electron chi connectivity index (χ2n) is 5.71. The number of rotatable bonds is 2. The van der Waals surface area contributed by atoms with Gasteiger partial charge >= 0.3 is 7.12 Å². The molecular formula is C13H17BCl2O3. The summed E-state index contributed by atoms with van der Waals surface area (Å²) in [6.45, 7) is 7.74. The van der Waals surface area contributed by atoms with E-state index in [2.05, 4.69) is 0 Å². The molecular weight excluding hydrogens is 286 g/mol. The van der Waals surface area contributed by atoms with Gasteiger partial charge in [-0.25, -0.2) is 0 Å². The van der Waals surface area contributed by atoms with E-state index in [-0.39, 0.29) is 6.61 Å². The van der Waals surface area contributed by atoms with E-state index in [1.54, 1.807) is 12.1 Å². The van der Waals surface area contributed by atoms with Gasteiger partial charge in [0.05, 0.1) is 17.8 Å². The minimum absolute atomic E-state index is 0.193. The maximum Gasteiger partial charge on any atom is 0.494 e. The highest BCUT2D eigenvalue weighted by molar-refractivity contribution is 6.62. The van der Waals surface area contributed by atoms with Gasteiger partial charge in [-0.05, 0) is 45.3 Å². The molecule has 1 aliphatic rings. The van der Waals surface area contributed by atoms with Crippen LogP contribution in [0, 0.1) is 0 Å². The van der Waals surface area contributed by atoms with Crippen molar-refractivity contribution in [2.75, 3.05) is 0 Å². The van der Waals surface area contributed by atoms with Crippen molar-refractivity contribution in [2.45, 2.75) is 45.5 Å². The second kappa shape index (κ2) is 4.94. The Bertz CT molecular complexity index is 464. The van der Waals surface area contributed by atoms with E-state index in [4.69, 9.17) is 32.5 Å². The van der Waals surface area contributed by atoms with Crippen LogP contribution in [-0.2, 0) is 15.9 Å². The van der Waals surface area contributed by atoms with Crippen LogP contribution >= 0.6 is 23.2 Å². The van der Waals surface area contributed by atoms with Crippen molar-refractivity contribution in [2.24, 2.45) is 0 Å². The van der Waals surface area contributed by atoms with Gasteiger partial charge in [-0.3, -0.25) is 0 Å². The van der Waals surface area contributed by atoms with Gasteiger partial charge in [-0.15, -0.1) is 0 Å². The highest BCUT2D eigenvalue weighted by atomic mass is 35.5. The number of halogens is 2. The van der Waals surface area contributed by atoms with Gasteiger partial charge in [-0.2, -0.15) is 0 Å². The largest absolute Gasteiger partial charge is 0.494 e. The van der Waals surface area contributed by atoms with Crippen molar-refractivity contribution in [1.29, 1.82) is 0 Å². The molecule has 1 heterocycles. The Labute approximate surface area is 124 Å². The van der Waals surface area contributed by atoms with Crippen molar-refractivity contribution < 1.29 is 14.4 Å². The first-order valence-corrected chi connectivity index (χ1v) is 6.88. The first-order chi connectivity index (χ1) is 8.68. The SMILES string of the molecule is CC1(C)OB(c2cc(Cl)c(CO)c(Cl)c2)OC1(C)C. The average molecular weight is 303 g/mol. The third kappa shape index (κ3) is 2.65. The lowest BCUT2D eigenvalue weighted by molar-refractivity contribution is 0.00578. The molecule has 2 rings (SSSR count). The van der Waals surface area contributed by atoms with Gasteiger partial charge in [0.1, 0.15) is 0 Å². The highest BCUT2D eigenvalue weighted by Crippen LogP contribution is 2.37. The Balaban J connectivity index is 2.35. The zero-order valence-corrected chi connectivity index (χ0v) is 13.0. The van der Waals surface area contributed by atoms with Crippen molar-refractivity contribution >= 4 is 35.8 Å². The Morgan fingerprint density at radius 2 is 1.47 bits per heavy atom. The van der Waals surface area contributed by atoms with Crippen molar-refractivity contribution in [3.05, 3.63) is 27.7 Å². The molecule has 0 spiro atoms. The maximum atomic E-state index is 9.19. The molecule has 0 atom stereocenters. The molecule has 1 N–H and O–H groups in total. The van der Waals surface area contributed by atoms with E-state index in [1.807, 2.05) is 27.7 Å². The number of hydrogen-bond acceptors (Lipinski definition) is 3. The van der Waals surface area contributed by atoms with Crippen LogP contribution in [0.1, 0.15) is 33.3 Å². The average Bonchev–Trinajstić information content (AvgIpc) is 2.47. The van der Waals surface area contributed by atoms with Gasteiger partial charge in [0.25, 0.3) is 0 Å². The summed E-state index contributed by atoms with van der Waals surface area (Å²) in [7, 11) is -0.507. The number of benzene rings is 1. The van der Waals surface area contributed by atoms with Gasteiger partial charge < -0.3 is 14.4 Å². The monoisotopic (exact) mass is 302 g/mol. The predicted octanol–water partition coefficient (Wildman–Crippen LogP) is 2.78. The molecule has 0 aliphatic carbocycles. The first-order valence-electron chi connectivity index (χ1n) is 6.12. The molecule has 3 nitrogen and oxygen atoms in total. The van der Waals surface area contributed by atoms with Crippen LogP contribution in [0.3, 0.4) is 0 Å². The van der Waals surface area contributed by atoms with E-state index >= 15 is 0 Å². The number of hydrogen-bond donors (Lipinski definition) is 1. The lowest BCUT2D eigenvalue weighted by atomic mass is 9.79. The Morgan fingerprint density at radius 1 is 1.05 bits per heavy atom. The molecule has 1 aliphatic heterocycles. The molecule has 0 aromatic heterocycles. The lowest BCUT2D eigenvalue weighted by Crippen LogP contribution is -2.41. The summed E-state index contributed by atoms with van der Waals surface area (Å²) >= 11 is 12.2. The van der Waals surface area contributed by atoms with E-state index in [1.165, 1.54) is 0 Å². The van der Waals surface area contributed by atoms with Gasteiger partial charge in [0, 0.05) is 15.6 Å². The van der Waals surface area contributed by atoms with Crippen LogP contribution < -0.4 is 5.46 Å². The van der Waals surface area contributed by atoms with Crippen LogP contribution in [0.5, 0.6) is 0 Å². The smallest absolute Gasteiger partial charge is 0.399 e. The topological polar surface area (TPSA) is 38.7 Å². The summed E-state index contributed by atoms with van der Waals surface area (Å²) in [5.41, 5.74) is 0.452. The molecule has 0 amide bonds. The van der Waals surface area contributed by atoms with E-state index in [0.29, 0.717) is 15.6 Å². The summed E-state index contributed by atoms with van der Waals surface area (Å²) < 4.78 is 11.9. The zero-order valence-electron chi connectivity index (χ0n) is 11.5. The van der Waals surface area contributed by atoms with Crippen LogP contribution in [-0.4, -0.2) is 23.4 Å². The fraction of sp³-hybridized carbons (Fsp3) is 0.538. The summed E-state index contributed by atoms with van der Waals surface area (Å²) in [6, 6.07) is 3.45. The Kier molecular flexibility index (Phi) is 3.93. The normalized spacial score (nSPS) is 20.9. The molecule has 1 fully saturated rings. The van der Waals surface area contributed by atoms with Gasteiger partial charge in [-0.1, -0.05) is 23.2 Å². The quantitative estimate of drug-likeness (QED) is 0.854. The molecule has 6 heteroatoms. The molecule has 0 saturated carbocycles. The van der Waals surface area contributed by atoms with Crippen LogP contribution in [0.15, 0.2) is 12.1 Å². The fourth-order valence-corrected chi connectivity index (χ4v) is 2.51. The summed E-state index contributed by atoms with van der Waals surface area (Å²) in [4.78, 5) is 0. The molecule has 0 radical (unpaired) electrons. The predicted molar refractivity (Wildman–Crippen MR) is 78.1 cm³/mol. The summed E-state index contributed by atoms with van der Waals surface area (Å²) in [5, 5.41) is 10.0. The maximum absolute atomic E-state index is 9.19. The third-order valence-corrected chi connectivity index (χ3v) is 4.52. The van der Waals surface area contributed by atoms with Crippen LogP contribution in [0.2, 0.25) is 10.0 Å². The number of aliphatic hydroxyl groups excluding tert-OH is 1. The Hall–Kier alpha value is -0.255. The minimum Gasteiger partial charge on any atom is -0.399 e. The van der Waals surface area contributed by atoms with Gasteiger partial charge in [0.15, 0.2) is 0 Å². The summed E-state index contributed by atoms with van der Waals surface area (Å²) in [5.74, 6) is 0. The van der Waals surface area contributed by atoms with Gasteiger partial charge in [0.2, 0.25) is 0 Å². The highest BCUT2D eigenvalue weighted by Gasteiger charge is 2.51. The third-order valence-electron chi connectivity index (χ3n) is 3.85. The lowest BCUT2D eigenvalue weighted by Gasteiger charge is -2.32. The van der Waals surface area contributed by atoms with Crippen LogP contribution in [0.25, 0.3) is 0 Å². The number of aliphatic hydroxyl groups is 1.